The predicted octanol–water partition coefficient (Wildman–Crippen LogP) is 2.27. The quantitative estimate of drug-likeness (QED) is 0.825. The van der Waals surface area contributed by atoms with E-state index in [1.165, 1.54) is 11.5 Å². The van der Waals surface area contributed by atoms with Crippen LogP contribution in [0.15, 0.2) is 12.3 Å². The molecule has 1 aliphatic heterocycles. The van der Waals surface area contributed by atoms with Crippen LogP contribution >= 0.6 is 11.5 Å². The van der Waals surface area contributed by atoms with Crippen LogP contribution in [0.25, 0.3) is 0 Å². The van der Waals surface area contributed by atoms with Gasteiger partial charge in [0.2, 0.25) is 5.88 Å². The van der Waals surface area contributed by atoms with Gasteiger partial charge in [-0.3, -0.25) is 4.79 Å². The Morgan fingerprint density at radius 2 is 2.38 bits per heavy atom. The lowest BCUT2D eigenvalue weighted by Gasteiger charge is -2.32. The Kier molecular flexibility index (Phi) is 5.34. The van der Waals surface area contributed by atoms with Crippen LogP contribution in [0.4, 0.5) is 0 Å². The summed E-state index contributed by atoms with van der Waals surface area (Å²) >= 11 is 1.18. The number of nitrogens with zero attached hydrogens (tertiary/aromatic N) is 5. The molecule has 1 atom stereocenters. The van der Waals surface area contributed by atoms with Crippen LogP contribution in [0, 0.1) is 6.92 Å². The molecule has 1 fully saturated rings. The summed E-state index contributed by atoms with van der Waals surface area (Å²) in [5.41, 5.74) is 0.807. The van der Waals surface area contributed by atoms with Crippen molar-refractivity contribution in [3.8, 4) is 5.88 Å². The molecular weight excluding hydrogens is 326 g/mol. The first-order valence-electron chi connectivity index (χ1n) is 8.24. The minimum Gasteiger partial charge on any atom is -0.472 e. The fourth-order valence-corrected chi connectivity index (χ4v) is 3.48. The molecule has 1 saturated heterocycles. The Hall–Kier alpha value is -2.09. The van der Waals surface area contributed by atoms with Gasteiger partial charge in [-0.15, -0.1) is 5.10 Å². The Morgan fingerprint density at radius 3 is 3.17 bits per heavy atom. The summed E-state index contributed by atoms with van der Waals surface area (Å²) < 4.78 is 9.89. The molecule has 24 heavy (non-hydrogen) atoms. The van der Waals surface area contributed by atoms with Gasteiger partial charge in [0.05, 0.1) is 12.2 Å². The van der Waals surface area contributed by atoms with Crippen LogP contribution in [0.1, 0.15) is 47.4 Å². The molecule has 1 amide bonds. The first-order valence-corrected chi connectivity index (χ1v) is 9.01. The number of aryl methyl sites for hydroxylation is 2. The number of hydrogen-bond donors (Lipinski definition) is 0. The normalized spacial score (nSPS) is 17.8. The fraction of sp³-hybridized carbons (Fsp3) is 0.562. The highest BCUT2D eigenvalue weighted by molar-refractivity contribution is 7.08. The van der Waals surface area contributed by atoms with Crippen LogP contribution in [0.3, 0.4) is 0 Å². The highest BCUT2D eigenvalue weighted by Gasteiger charge is 2.28. The van der Waals surface area contributed by atoms with Gasteiger partial charge in [0.25, 0.3) is 5.91 Å². The van der Waals surface area contributed by atoms with Gasteiger partial charge in [0, 0.05) is 18.8 Å². The number of rotatable bonds is 5. The minimum atomic E-state index is -0.0486. The van der Waals surface area contributed by atoms with Crippen molar-refractivity contribution < 1.29 is 9.53 Å². The van der Waals surface area contributed by atoms with Crippen molar-refractivity contribution in [2.45, 2.75) is 45.6 Å². The number of amides is 1. The van der Waals surface area contributed by atoms with E-state index in [1.807, 2.05) is 11.8 Å². The van der Waals surface area contributed by atoms with Gasteiger partial charge >= 0.3 is 0 Å². The van der Waals surface area contributed by atoms with Crippen molar-refractivity contribution in [1.82, 2.24) is 24.5 Å². The summed E-state index contributed by atoms with van der Waals surface area (Å²) in [7, 11) is 0. The Bertz CT molecular complexity index is 705. The molecular formula is C16H21N5O2S. The third kappa shape index (κ3) is 3.87. The van der Waals surface area contributed by atoms with E-state index in [2.05, 4.69) is 26.5 Å². The van der Waals surface area contributed by atoms with E-state index in [9.17, 15) is 4.79 Å². The number of carbonyl (C=O) groups is 1. The molecule has 7 nitrogen and oxygen atoms in total. The zero-order chi connectivity index (χ0) is 16.9. The summed E-state index contributed by atoms with van der Waals surface area (Å²) in [6.45, 7) is 5.20. The summed E-state index contributed by atoms with van der Waals surface area (Å²) in [6.07, 6.45) is 5.19. The lowest BCUT2D eigenvalue weighted by molar-refractivity contribution is 0.0530. The molecule has 0 aromatic carbocycles. The molecule has 0 radical (unpaired) electrons. The third-order valence-electron chi connectivity index (χ3n) is 3.94. The molecule has 1 aliphatic rings. The zero-order valence-electron chi connectivity index (χ0n) is 13.9. The maximum absolute atomic E-state index is 12.8. The molecule has 0 aliphatic carbocycles. The Labute approximate surface area is 145 Å². The van der Waals surface area contributed by atoms with E-state index >= 15 is 0 Å². The molecule has 8 heteroatoms. The number of carbonyl (C=O) groups excluding carboxylic acids is 1. The van der Waals surface area contributed by atoms with Crippen LogP contribution in [0.2, 0.25) is 0 Å². The third-order valence-corrected chi connectivity index (χ3v) is 4.70. The number of hydrogen-bond acceptors (Lipinski definition) is 7. The van der Waals surface area contributed by atoms with Gasteiger partial charge in [-0.2, -0.15) is 4.98 Å². The lowest BCUT2D eigenvalue weighted by Crippen LogP contribution is -2.44. The van der Waals surface area contributed by atoms with E-state index in [0.717, 1.165) is 37.9 Å². The van der Waals surface area contributed by atoms with Crippen molar-refractivity contribution in [1.29, 1.82) is 0 Å². The number of piperidine rings is 1. The molecule has 0 N–H and O–H groups in total. The average molecular weight is 347 g/mol. The first kappa shape index (κ1) is 16.8. The second-order valence-electron chi connectivity index (χ2n) is 5.87. The molecule has 3 rings (SSSR count). The molecule has 2 aromatic rings. The Balaban J connectivity index is 1.66. The van der Waals surface area contributed by atoms with Crippen LogP contribution in [-0.2, 0) is 6.42 Å². The van der Waals surface area contributed by atoms with Gasteiger partial charge in [-0.05, 0) is 37.7 Å². The van der Waals surface area contributed by atoms with Gasteiger partial charge in [-0.1, -0.05) is 17.8 Å². The van der Waals surface area contributed by atoms with Crippen molar-refractivity contribution in [2.75, 3.05) is 13.1 Å². The second-order valence-corrected chi connectivity index (χ2v) is 6.63. The maximum atomic E-state index is 12.8. The van der Waals surface area contributed by atoms with E-state index in [-0.39, 0.29) is 12.0 Å². The number of aromatic nitrogens is 4. The molecule has 0 saturated carbocycles. The largest absolute Gasteiger partial charge is 0.472 e. The first-order chi connectivity index (χ1) is 11.7. The van der Waals surface area contributed by atoms with Gasteiger partial charge < -0.3 is 9.64 Å². The van der Waals surface area contributed by atoms with Crippen molar-refractivity contribution in [2.24, 2.45) is 0 Å². The molecule has 0 spiro atoms. The van der Waals surface area contributed by atoms with Crippen LogP contribution in [0.5, 0.6) is 5.88 Å². The monoisotopic (exact) mass is 347 g/mol. The topological polar surface area (TPSA) is 81.1 Å². The smallest absolute Gasteiger partial charge is 0.267 e. The standard InChI is InChI=1S/C16H21N5O2S/c1-3-5-13-15(24-20-19-13)16(22)21-9-4-6-12(10-21)23-14-7-8-17-11(2)18-14/h7-8,12H,3-6,9-10H2,1-2H3. The molecule has 2 aromatic heterocycles. The molecule has 0 bridgehead atoms. The zero-order valence-corrected chi connectivity index (χ0v) is 14.8. The minimum absolute atomic E-state index is 0.0145. The highest BCUT2D eigenvalue weighted by atomic mass is 32.1. The van der Waals surface area contributed by atoms with E-state index in [0.29, 0.717) is 23.1 Å². The highest BCUT2D eigenvalue weighted by Crippen LogP contribution is 2.21. The van der Waals surface area contributed by atoms with Crippen molar-refractivity contribution >= 4 is 17.4 Å². The summed E-state index contributed by atoms with van der Waals surface area (Å²) in [5, 5.41) is 4.09. The fourth-order valence-electron chi connectivity index (χ4n) is 2.80. The molecule has 128 valence electrons. The maximum Gasteiger partial charge on any atom is 0.267 e. The van der Waals surface area contributed by atoms with E-state index < -0.39 is 0 Å². The molecule has 3 heterocycles. The van der Waals surface area contributed by atoms with E-state index in [1.54, 1.807) is 12.3 Å². The number of likely N-dealkylation sites (tertiary alicyclic amines) is 1. The SMILES string of the molecule is CCCc1nnsc1C(=O)N1CCCC(Oc2ccnc(C)n2)C1. The average Bonchev–Trinajstić information content (AvgIpc) is 3.03. The summed E-state index contributed by atoms with van der Waals surface area (Å²) in [4.78, 5) is 23.6. The summed E-state index contributed by atoms with van der Waals surface area (Å²) in [6, 6.07) is 1.75. The number of ether oxygens (including phenoxy) is 1. The van der Waals surface area contributed by atoms with E-state index in [4.69, 9.17) is 4.74 Å². The summed E-state index contributed by atoms with van der Waals surface area (Å²) in [5.74, 6) is 1.25. The van der Waals surface area contributed by atoms with Gasteiger partial charge in [0.15, 0.2) is 0 Å². The van der Waals surface area contributed by atoms with Gasteiger partial charge in [0.1, 0.15) is 16.8 Å². The van der Waals surface area contributed by atoms with Gasteiger partial charge in [-0.25, -0.2) is 4.98 Å². The predicted molar refractivity (Wildman–Crippen MR) is 90.2 cm³/mol. The van der Waals surface area contributed by atoms with Crippen LogP contribution < -0.4 is 4.74 Å². The van der Waals surface area contributed by atoms with Crippen LogP contribution in [-0.4, -0.2) is 49.6 Å². The lowest BCUT2D eigenvalue weighted by atomic mass is 10.1. The van der Waals surface area contributed by atoms with Crippen molar-refractivity contribution in [3.05, 3.63) is 28.7 Å². The Morgan fingerprint density at radius 1 is 1.50 bits per heavy atom. The van der Waals surface area contributed by atoms with Crippen molar-refractivity contribution in [3.63, 3.8) is 0 Å². The molecule has 1 unspecified atom stereocenters. The second kappa shape index (κ2) is 7.65.